The molecule has 1 aliphatic rings. The van der Waals surface area contributed by atoms with Crippen LogP contribution in [0.3, 0.4) is 0 Å². The summed E-state index contributed by atoms with van der Waals surface area (Å²) in [6.45, 7) is -0.0536. The van der Waals surface area contributed by atoms with E-state index in [1.807, 2.05) is 60.7 Å². The number of anilines is 1. The molecular formula is C30H22ClFN2O3S. The molecule has 5 nitrogen and oxygen atoms in total. The second-order valence-electron chi connectivity index (χ2n) is 8.22. The van der Waals surface area contributed by atoms with Crippen LogP contribution in [0.25, 0.3) is 6.08 Å². The number of methoxy groups -OCH3 is 1. The molecule has 38 heavy (non-hydrogen) atoms. The minimum atomic E-state index is -0.439. The van der Waals surface area contributed by atoms with Crippen molar-refractivity contribution >= 4 is 51.9 Å². The molecule has 0 spiro atoms. The number of benzene rings is 4. The van der Waals surface area contributed by atoms with Gasteiger partial charge in [-0.1, -0.05) is 60.1 Å². The molecular weight excluding hydrogens is 523 g/mol. The van der Waals surface area contributed by atoms with Crippen LogP contribution in [0.5, 0.6) is 11.5 Å². The molecule has 0 unspecified atom stereocenters. The van der Waals surface area contributed by atoms with Gasteiger partial charge in [-0.05, 0) is 71.9 Å². The number of aliphatic imine (C=N–C) groups is 1. The lowest BCUT2D eigenvalue weighted by atomic mass is 10.1. The quantitative estimate of drug-likeness (QED) is 0.222. The standard InChI is InChI=1S/C30H22ClFN2O3S/c1-36-27-17-20(15-16-26(27)37-19-23-24(31)13-8-14-25(23)32)18-28-29(35)34(22-11-6-3-7-12-22)30(38-28)33-21-9-4-2-5-10-21/h2-18H,19H2,1H3. The van der Waals surface area contributed by atoms with Crippen LogP contribution in [-0.2, 0) is 11.4 Å². The first kappa shape index (κ1) is 25.6. The van der Waals surface area contributed by atoms with Crippen molar-refractivity contribution < 1.29 is 18.7 Å². The van der Waals surface area contributed by atoms with E-state index >= 15 is 0 Å². The number of halogens is 2. The Bertz CT molecular complexity index is 1510. The smallest absolute Gasteiger partial charge is 0.271 e. The van der Waals surface area contributed by atoms with E-state index in [2.05, 4.69) is 0 Å². The molecule has 4 aromatic rings. The van der Waals surface area contributed by atoms with E-state index in [1.54, 1.807) is 41.3 Å². The highest BCUT2D eigenvalue weighted by atomic mass is 35.5. The van der Waals surface area contributed by atoms with Gasteiger partial charge >= 0.3 is 0 Å². The van der Waals surface area contributed by atoms with Crippen molar-refractivity contribution in [1.82, 2.24) is 0 Å². The Kier molecular flexibility index (Phi) is 7.77. The van der Waals surface area contributed by atoms with Gasteiger partial charge in [0.2, 0.25) is 0 Å². The van der Waals surface area contributed by atoms with Crippen molar-refractivity contribution in [1.29, 1.82) is 0 Å². The van der Waals surface area contributed by atoms with Crippen molar-refractivity contribution in [2.45, 2.75) is 6.61 Å². The largest absolute Gasteiger partial charge is 0.493 e. The summed E-state index contributed by atoms with van der Waals surface area (Å²) in [5, 5.41) is 0.852. The molecule has 1 fully saturated rings. The van der Waals surface area contributed by atoms with Gasteiger partial charge in [0.25, 0.3) is 5.91 Å². The first-order chi connectivity index (χ1) is 18.5. The Morgan fingerprint density at radius 3 is 2.39 bits per heavy atom. The minimum absolute atomic E-state index is 0.0536. The summed E-state index contributed by atoms with van der Waals surface area (Å²) in [6.07, 6.45) is 1.79. The molecule has 1 amide bonds. The molecule has 0 aromatic heterocycles. The van der Waals surface area contributed by atoms with Crippen molar-refractivity contribution in [3.63, 3.8) is 0 Å². The number of ether oxygens (including phenoxy) is 2. The van der Waals surface area contributed by atoms with E-state index in [0.29, 0.717) is 21.6 Å². The normalized spacial score (nSPS) is 15.3. The van der Waals surface area contributed by atoms with Gasteiger partial charge in [0.1, 0.15) is 12.4 Å². The van der Waals surface area contributed by atoms with Gasteiger partial charge in [0.05, 0.1) is 28.4 Å². The number of thioether (sulfide) groups is 1. The average Bonchev–Trinajstić information content (AvgIpc) is 3.23. The lowest BCUT2D eigenvalue weighted by Crippen LogP contribution is -2.28. The number of carbonyl (C=O) groups is 1. The van der Waals surface area contributed by atoms with Crippen LogP contribution in [0.4, 0.5) is 15.8 Å². The Morgan fingerprint density at radius 1 is 0.947 bits per heavy atom. The summed E-state index contributed by atoms with van der Waals surface area (Å²) in [5.41, 5.74) is 2.49. The molecule has 4 aromatic carbocycles. The maximum atomic E-state index is 14.1. The zero-order valence-corrected chi connectivity index (χ0v) is 21.9. The molecule has 0 radical (unpaired) electrons. The van der Waals surface area contributed by atoms with Crippen LogP contribution in [0.15, 0.2) is 107 Å². The summed E-state index contributed by atoms with van der Waals surface area (Å²) >= 11 is 7.41. The zero-order valence-electron chi connectivity index (χ0n) is 20.3. The number of carbonyl (C=O) groups excluding carboxylic acids is 1. The van der Waals surface area contributed by atoms with Gasteiger partial charge < -0.3 is 9.47 Å². The maximum Gasteiger partial charge on any atom is 0.271 e. The Hall–Kier alpha value is -4.07. The fourth-order valence-corrected chi connectivity index (χ4v) is 5.05. The van der Waals surface area contributed by atoms with Crippen molar-refractivity contribution in [3.8, 4) is 11.5 Å². The van der Waals surface area contributed by atoms with Gasteiger partial charge in [-0.3, -0.25) is 9.69 Å². The van der Waals surface area contributed by atoms with Crippen molar-refractivity contribution in [2.75, 3.05) is 12.0 Å². The van der Waals surface area contributed by atoms with Gasteiger partial charge in [-0.2, -0.15) is 0 Å². The molecule has 190 valence electrons. The number of hydrogen-bond acceptors (Lipinski definition) is 5. The third-order valence-electron chi connectivity index (χ3n) is 5.72. The summed E-state index contributed by atoms with van der Waals surface area (Å²) in [4.78, 5) is 20.4. The summed E-state index contributed by atoms with van der Waals surface area (Å²) in [6, 6.07) is 28.7. The number of para-hydroxylation sites is 2. The Labute approximate surface area is 229 Å². The van der Waals surface area contributed by atoms with Crippen LogP contribution in [0.2, 0.25) is 5.02 Å². The van der Waals surface area contributed by atoms with Crippen LogP contribution >= 0.6 is 23.4 Å². The van der Waals surface area contributed by atoms with Crippen LogP contribution in [0, 0.1) is 5.82 Å². The fraction of sp³-hybridized carbons (Fsp3) is 0.0667. The first-order valence-corrected chi connectivity index (χ1v) is 12.9. The molecule has 0 atom stereocenters. The number of amidine groups is 1. The monoisotopic (exact) mass is 544 g/mol. The molecule has 5 rings (SSSR count). The first-order valence-electron chi connectivity index (χ1n) is 11.7. The number of nitrogens with zero attached hydrogens (tertiary/aromatic N) is 2. The molecule has 0 N–H and O–H groups in total. The maximum absolute atomic E-state index is 14.1. The minimum Gasteiger partial charge on any atom is -0.493 e. The van der Waals surface area contributed by atoms with Gasteiger partial charge in [0, 0.05) is 5.56 Å². The van der Waals surface area contributed by atoms with E-state index in [4.69, 9.17) is 26.1 Å². The van der Waals surface area contributed by atoms with E-state index in [-0.39, 0.29) is 23.1 Å². The van der Waals surface area contributed by atoms with E-state index in [1.165, 1.54) is 24.9 Å². The second-order valence-corrected chi connectivity index (χ2v) is 9.63. The molecule has 0 saturated carbocycles. The number of rotatable bonds is 7. The van der Waals surface area contributed by atoms with Gasteiger partial charge in [-0.25, -0.2) is 9.38 Å². The average molecular weight is 545 g/mol. The van der Waals surface area contributed by atoms with E-state index in [9.17, 15) is 9.18 Å². The second kappa shape index (κ2) is 11.5. The highest BCUT2D eigenvalue weighted by molar-refractivity contribution is 8.19. The summed E-state index contributed by atoms with van der Waals surface area (Å²) in [5.74, 6) is 0.256. The Morgan fingerprint density at radius 2 is 1.68 bits per heavy atom. The summed E-state index contributed by atoms with van der Waals surface area (Å²) in [7, 11) is 1.52. The van der Waals surface area contributed by atoms with Crippen molar-refractivity contribution in [3.05, 3.63) is 124 Å². The molecule has 1 aliphatic heterocycles. The van der Waals surface area contributed by atoms with Crippen molar-refractivity contribution in [2.24, 2.45) is 4.99 Å². The molecule has 0 aliphatic carbocycles. The third-order valence-corrected chi connectivity index (χ3v) is 7.04. The number of hydrogen-bond donors (Lipinski definition) is 0. The molecule has 0 bridgehead atoms. The third kappa shape index (κ3) is 5.59. The van der Waals surface area contributed by atoms with Crippen LogP contribution in [0.1, 0.15) is 11.1 Å². The zero-order chi connectivity index (χ0) is 26.5. The van der Waals surface area contributed by atoms with Crippen LogP contribution in [-0.4, -0.2) is 18.2 Å². The highest BCUT2D eigenvalue weighted by Gasteiger charge is 2.34. The number of amides is 1. The lowest BCUT2D eigenvalue weighted by Gasteiger charge is -2.15. The van der Waals surface area contributed by atoms with E-state index < -0.39 is 5.82 Å². The predicted octanol–water partition coefficient (Wildman–Crippen LogP) is 7.88. The highest BCUT2D eigenvalue weighted by Crippen LogP contribution is 2.38. The predicted molar refractivity (Wildman–Crippen MR) is 152 cm³/mol. The van der Waals surface area contributed by atoms with Gasteiger partial charge in [0.15, 0.2) is 16.7 Å². The Balaban J connectivity index is 1.43. The molecule has 8 heteroatoms. The SMILES string of the molecule is COc1cc(C=C2SC(=Nc3ccccc3)N(c3ccccc3)C2=O)ccc1OCc1c(F)cccc1Cl. The summed E-state index contributed by atoms with van der Waals surface area (Å²) < 4.78 is 25.5. The topological polar surface area (TPSA) is 51.1 Å². The lowest BCUT2D eigenvalue weighted by molar-refractivity contribution is -0.113. The fourth-order valence-electron chi connectivity index (χ4n) is 3.83. The van der Waals surface area contributed by atoms with E-state index in [0.717, 1.165) is 16.9 Å². The van der Waals surface area contributed by atoms with Gasteiger partial charge in [-0.15, -0.1) is 0 Å². The van der Waals surface area contributed by atoms with Crippen LogP contribution < -0.4 is 14.4 Å². The molecule has 1 saturated heterocycles. The molecule has 1 heterocycles.